The molecule has 1 aliphatic heterocycles. The normalized spacial score (nSPS) is 16.8. The van der Waals surface area contributed by atoms with Crippen molar-refractivity contribution in [1.29, 1.82) is 0 Å². The molecule has 1 aliphatic rings. The number of aromatic nitrogens is 2. The van der Waals surface area contributed by atoms with Crippen LogP contribution in [0.1, 0.15) is 35.2 Å². The second kappa shape index (κ2) is 9.32. The quantitative estimate of drug-likeness (QED) is 0.724. The van der Waals surface area contributed by atoms with Crippen LogP contribution in [-0.4, -0.2) is 48.2 Å². The molecule has 144 valence electrons. The number of aryl methyl sites for hydroxylation is 1. The van der Waals surface area contributed by atoms with Crippen molar-refractivity contribution in [3.8, 4) is 5.75 Å². The molecule has 1 aromatic heterocycles. The number of amides is 1. The lowest BCUT2D eigenvalue weighted by Gasteiger charge is -2.33. The molecule has 3 rings (SSSR count). The maximum absolute atomic E-state index is 12.7. The predicted molar refractivity (Wildman–Crippen MR) is 105 cm³/mol. The van der Waals surface area contributed by atoms with Crippen molar-refractivity contribution >= 4 is 11.7 Å². The van der Waals surface area contributed by atoms with Gasteiger partial charge in [-0.25, -0.2) is 4.98 Å². The summed E-state index contributed by atoms with van der Waals surface area (Å²) >= 11 is 0. The average molecular weight is 369 g/mol. The van der Waals surface area contributed by atoms with E-state index in [0.29, 0.717) is 18.7 Å². The standard InChI is InChI=1S/C20H27N5O2/c1-15-5-6-16(12-18(15)27-11-3-7-21)20(26)24-17-4-2-10-25(14-17)19-13-22-8-9-23-19/h5-6,8-9,12-13,17H,2-4,7,10-11,14,21H2,1H3,(H,24,26)/t17-/m0/s1. The van der Waals surface area contributed by atoms with Crippen LogP contribution in [-0.2, 0) is 0 Å². The van der Waals surface area contributed by atoms with Gasteiger partial charge in [0.1, 0.15) is 11.6 Å². The van der Waals surface area contributed by atoms with Gasteiger partial charge in [-0.05, 0) is 50.4 Å². The molecule has 2 aromatic rings. The minimum atomic E-state index is -0.0790. The van der Waals surface area contributed by atoms with Gasteiger partial charge in [-0.15, -0.1) is 0 Å². The van der Waals surface area contributed by atoms with Crippen LogP contribution >= 0.6 is 0 Å². The van der Waals surface area contributed by atoms with E-state index in [1.165, 1.54) is 0 Å². The summed E-state index contributed by atoms with van der Waals surface area (Å²) in [6.07, 6.45) is 7.86. The van der Waals surface area contributed by atoms with Crippen LogP contribution in [0.25, 0.3) is 0 Å². The predicted octanol–water partition coefficient (Wildman–Crippen LogP) is 1.91. The number of carbonyl (C=O) groups is 1. The van der Waals surface area contributed by atoms with Crippen LogP contribution in [0, 0.1) is 6.92 Å². The molecular weight excluding hydrogens is 342 g/mol. The van der Waals surface area contributed by atoms with Crippen molar-refractivity contribution in [2.24, 2.45) is 5.73 Å². The Bertz CT molecular complexity index is 753. The molecule has 7 heteroatoms. The van der Waals surface area contributed by atoms with E-state index in [1.807, 2.05) is 25.1 Å². The van der Waals surface area contributed by atoms with Gasteiger partial charge in [-0.2, -0.15) is 0 Å². The first-order valence-corrected chi connectivity index (χ1v) is 9.42. The molecule has 0 saturated carbocycles. The maximum Gasteiger partial charge on any atom is 0.251 e. The number of nitrogens with two attached hydrogens (primary N) is 1. The first-order valence-electron chi connectivity index (χ1n) is 9.42. The minimum absolute atomic E-state index is 0.0790. The number of piperidine rings is 1. The molecule has 1 atom stereocenters. The summed E-state index contributed by atoms with van der Waals surface area (Å²) in [5, 5.41) is 3.14. The lowest BCUT2D eigenvalue weighted by Crippen LogP contribution is -2.48. The van der Waals surface area contributed by atoms with Gasteiger partial charge < -0.3 is 20.7 Å². The van der Waals surface area contributed by atoms with E-state index in [1.54, 1.807) is 18.6 Å². The van der Waals surface area contributed by atoms with Gasteiger partial charge in [0, 0.05) is 37.1 Å². The van der Waals surface area contributed by atoms with Gasteiger partial charge in [-0.1, -0.05) is 6.07 Å². The maximum atomic E-state index is 12.7. The topological polar surface area (TPSA) is 93.4 Å². The van der Waals surface area contributed by atoms with E-state index < -0.39 is 0 Å². The van der Waals surface area contributed by atoms with E-state index in [9.17, 15) is 4.79 Å². The second-order valence-electron chi connectivity index (χ2n) is 6.79. The molecule has 1 amide bonds. The number of hydrogen-bond acceptors (Lipinski definition) is 6. The van der Waals surface area contributed by atoms with Crippen molar-refractivity contribution < 1.29 is 9.53 Å². The summed E-state index contributed by atoms with van der Waals surface area (Å²) in [6.45, 7) is 4.77. The monoisotopic (exact) mass is 369 g/mol. The summed E-state index contributed by atoms with van der Waals surface area (Å²) in [6, 6.07) is 5.64. The van der Waals surface area contributed by atoms with Crippen molar-refractivity contribution in [3.05, 3.63) is 47.9 Å². The van der Waals surface area contributed by atoms with E-state index in [2.05, 4.69) is 20.2 Å². The molecule has 27 heavy (non-hydrogen) atoms. The smallest absolute Gasteiger partial charge is 0.251 e. The highest BCUT2D eigenvalue weighted by molar-refractivity contribution is 5.95. The first-order chi connectivity index (χ1) is 13.2. The Balaban J connectivity index is 1.62. The van der Waals surface area contributed by atoms with E-state index in [4.69, 9.17) is 10.5 Å². The summed E-state index contributed by atoms with van der Waals surface area (Å²) < 4.78 is 5.75. The van der Waals surface area contributed by atoms with Crippen molar-refractivity contribution in [3.63, 3.8) is 0 Å². The van der Waals surface area contributed by atoms with Gasteiger partial charge >= 0.3 is 0 Å². The van der Waals surface area contributed by atoms with Crippen molar-refractivity contribution in [1.82, 2.24) is 15.3 Å². The zero-order valence-electron chi connectivity index (χ0n) is 15.7. The van der Waals surface area contributed by atoms with Crippen molar-refractivity contribution in [2.45, 2.75) is 32.2 Å². The molecular formula is C20H27N5O2. The van der Waals surface area contributed by atoms with E-state index in [-0.39, 0.29) is 11.9 Å². The molecule has 0 aliphatic carbocycles. The molecule has 0 spiro atoms. The number of nitrogens with zero attached hydrogens (tertiary/aromatic N) is 3. The third-order valence-electron chi connectivity index (χ3n) is 4.69. The lowest BCUT2D eigenvalue weighted by molar-refractivity contribution is 0.0932. The van der Waals surface area contributed by atoms with Crippen molar-refractivity contribution in [2.75, 3.05) is 31.1 Å². The number of nitrogens with one attached hydrogen (secondary N) is 1. The Morgan fingerprint density at radius 2 is 2.30 bits per heavy atom. The summed E-state index contributed by atoms with van der Waals surface area (Å²) in [4.78, 5) is 23.4. The van der Waals surface area contributed by atoms with Crippen LogP contribution in [0.4, 0.5) is 5.82 Å². The number of hydrogen-bond donors (Lipinski definition) is 2. The molecule has 0 radical (unpaired) electrons. The number of rotatable bonds is 7. The summed E-state index contributed by atoms with van der Waals surface area (Å²) in [5.74, 6) is 1.51. The summed E-state index contributed by atoms with van der Waals surface area (Å²) in [7, 11) is 0. The zero-order valence-corrected chi connectivity index (χ0v) is 15.7. The fourth-order valence-corrected chi connectivity index (χ4v) is 3.19. The zero-order chi connectivity index (χ0) is 19.1. The number of benzene rings is 1. The highest BCUT2D eigenvalue weighted by Gasteiger charge is 2.23. The van der Waals surface area contributed by atoms with Gasteiger partial charge in [0.2, 0.25) is 0 Å². The molecule has 1 fully saturated rings. The number of ether oxygens (including phenoxy) is 1. The number of anilines is 1. The van der Waals surface area contributed by atoms with Gasteiger partial charge in [0.05, 0.1) is 12.8 Å². The fraction of sp³-hybridized carbons (Fsp3) is 0.450. The average Bonchev–Trinajstić information content (AvgIpc) is 2.70. The highest BCUT2D eigenvalue weighted by atomic mass is 16.5. The van der Waals surface area contributed by atoms with Gasteiger partial charge in [-0.3, -0.25) is 9.78 Å². The van der Waals surface area contributed by atoms with E-state index in [0.717, 1.165) is 49.5 Å². The second-order valence-corrected chi connectivity index (χ2v) is 6.79. The molecule has 0 unspecified atom stereocenters. The number of carbonyl (C=O) groups excluding carboxylic acids is 1. The molecule has 0 bridgehead atoms. The molecule has 7 nitrogen and oxygen atoms in total. The van der Waals surface area contributed by atoms with Crippen LogP contribution in [0.15, 0.2) is 36.8 Å². The van der Waals surface area contributed by atoms with Gasteiger partial charge in [0.15, 0.2) is 0 Å². The Kier molecular flexibility index (Phi) is 6.59. The van der Waals surface area contributed by atoms with Gasteiger partial charge in [0.25, 0.3) is 5.91 Å². The third-order valence-corrected chi connectivity index (χ3v) is 4.69. The van der Waals surface area contributed by atoms with E-state index >= 15 is 0 Å². The third kappa shape index (κ3) is 5.17. The summed E-state index contributed by atoms with van der Waals surface area (Å²) in [5.41, 5.74) is 7.13. The Hall–Kier alpha value is -2.67. The minimum Gasteiger partial charge on any atom is -0.493 e. The molecule has 1 aromatic carbocycles. The SMILES string of the molecule is Cc1ccc(C(=O)N[C@H]2CCCN(c3cnccn3)C2)cc1OCCCN. The largest absolute Gasteiger partial charge is 0.493 e. The fourth-order valence-electron chi connectivity index (χ4n) is 3.19. The Labute approximate surface area is 159 Å². The Morgan fingerprint density at radius 1 is 1.41 bits per heavy atom. The molecule has 3 N–H and O–H groups in total. The first kappa shape index (κ1) is 19.1. The Morgan fingerprint density at radius 3 is 3.07 bits per heavy atom. The molecule has 2 heterocycles. The highest BCUT2D eigenvalue weighted by Crippen LogP contribution is 2.21. The van der Waals surface area contributed by atoms with Crippen LogP contribution in [0.2, 0.25) is 0 Å². The van der Waals surface area contributed by atoms with Crippen LogP contribution in [0.5, 0.6) is 5.75 Å². The molecule has 1 saturated heterocycles. The van der Waals surface area contributed by atoms with Crippen LogP contribution < -0.4 is 20.7 Å². The lowest BCUT2D eigenvalue weighted by atomic mass is 10.0. The van der Waals surface area contributed by atoms with Crippen LogP contribution in [0.3, 0.4) is 0 Å².